The average molecular weight is 371 g/mol. The van der Waals surface area contributed by atoms with E-state index in [1.807, 2.05) is 11.8 Å². The van der Waals surface area contributed by atoms with E-state index in [0.29, 0.717) is 43.5 Å². The van der Waals surface area contributed by atoms with Gasteiger partial charge in [-0.3, -0.25) is 4.79 Å². The molecular weight excluding hydrogens is 346 g/mol. The van der Waals surface area contributed by atoms with Gasteiger partial charge in [0.25, 0.3) is 11.6 Å². The number of carbonyl (C=O) groups excluding carboxylic acids is 2. The smallest absolute Gasteiger partial charge is 0.317 e. The van der Waals surface area contributed by atoms with Crippen LogP contribution in [0.4, 0.5) is 4.79 Å². The summed E-state index contributed by atoms with van der Waals surface area (Å²) in [5.41, 5.74) is 1.68. The Labute approximate surface area is 157 Å². The number of amides is 3. The Morgan fingerprint density at radius 1 is 1.11 bits per heavy atom. The number of carbonyl (C=O) groups is 2. The van der Waals surface area contributed by atoms with Crippen LogP contribution < -0.4 is 5.32 Å². The highest BCUT2D eigenvalue weighted by Gasteiger charge is 2.27. The van der Waals surface area contributed by atoms with Crippen LogP contribution >= 0.6 is 0 Å². The van der Waals surface area contributed by atoms with Gasteiger partial charge in [0.2, 0.25) is 0 Å². The molecular formula is C19H25N5O3. The molecule has 1 saturated carbocycles. The van der Waals surface area contributed by atoms with Crippen LogP contribution in [0.3, 0.4) is 0 Å². The Kier molecular flexibility index (Phi) is 4.96. The first-order valence-electron chi connectivity index (χ1n) is 9.68. The first-order valence-corrected chi connectivity index (χ1v) is 9.68. The molecule has 1 saturated heterocycles. The molecule has 0 bridgehead atoms. The zero-order valence-electron chi connectivity index (χ0n) is 15.6. The van der Waals surface area contributed by atoms with Gasteiger partial charge in [-0.05, 0) is 25.8 Å². The lowest BCUT2D eigenvalue weighted by atomic mass is 9.96. The summed E-state index contributed by atoms with van der Waals surface area (Å²) in [6, 6.07) is 2.08. The predicted octanol–water partition coefficient (Wildman–Crippen LogP) is 2.33. The van der Waals surface area contributed by atoms with Crippen molar-refractivity contribution in [2.75, 3.05) is 26.2 Å². The molecule has 3 heterocycles. The van der Waals surface area contributed by atoms with E-state index >= 15 is 0 Å². The number of hydrogen-bond acceptors (Lipinski definition) is 5. The van der Waals surface area contributed by atoms with Gasteiger partial charge in [0.05, 0.1) is 16.6 Å². The quantitative estimate of drug-likeness (QED) is 0.875. The second-order valence-electron chi connectivity index (χ2n) is 7.41. The van der Waals surface area contributed by atoms with Gasteiger partial charge < -0.3 is 19.6 Å². The number of aryl methyl sites for hydroxylation is 1. The topological polar surface area (TPSA) is 91.6 Å². The lowest BCUT2D eigenvalue weighted by molar-refractivity contribution is 0.0662. The summed E-state index contributed by atoms with van der Waals surface area (Å²) in [4.78, 5) is 33.0. The molecule has 144 valence electrons. The highest BCUT2D eigenvalue weighted by molar-refractivity contribution is 5.97. The molecule has 8 heteroatoms. The van der Waals surface area contributed by atoms with Crippen LogP contribution in [0.5, 0.6) is 0 Å². The summed E-state index contributed by atoms with van der Waals surface area (Å²) in [5.74, 6) is -0.0719. The molecule has 27 heavy (non-hydrogen) atoms. The molecule has 1 aliphatic heterocycles. The summed E-state index contributed by atoms with van der Waals surface area (Å²) in [5, 5.41) is 7.77. The van der Waals surface area contributed by atoms with Crippen LogP contribution in [0.2, 0.25) is 0 Å². The third-order valence-electron chi connectivity index (χ3n) is 5.54. The lowest BCUT2D eigenvalue weighted by Crippen LogP contribution is -2.54. The van der Waals surface area contributed by atoms with E-state index in [1.54, 1.807) is 11.0 Å². The minimum atomic E-state index is -0.0719. The molecule has 2 aromatic heterocycles. The number of pyridine rings is 1. The Morgan fingerprint density at radius 2 is 1.81 bits per heavy atom. The van der Waals surface area contributed by atoms with Crippen molar-refractivity contribution >= 4 is 23.0 Å². The number of nitrogens with zero attached hydrogens (tertiary/aromatic N) is 4. The van der Waals surface area contributed by atoms with E-state index in [0.717, 1.165) is 23.9 Å². The molecule has 1 N–H and O–H groups in total. The van der Waals surface area contributed by atoms with E-state index in [-0.39, 0.29) is 11.9 Å². The second-order valence-corrected chi connectivity index (χ2v) is 7.41. The monoisotopic (exact) mass is 371 g/mol. The maximum atomic E-state index is 12.8. The van der Waals surface area contributed by atoms with Crippen molar-refractivity contribution < 1.29 is 14.1 Å². The van der Waals surface area contributed by atoms with Gasteiger partial charge in [-0.15, -0.1) is 0 Å². The highest BCUT2D eigenvalue weighted by Crippen LogP contribution is 2.19. The fourth-order valence-electron chi connectivity index (χ4n) is 3.87. The van der Waals surface area contributed by atoms with Crippen LogP contribution in [-0.2, 0) is 0 Å². The van der Waals surface area contributed by atoms with E-state index in [9.17, 15) is 9.59 Å². The predicted molar refractivity (Wildman–Crippen MR) is 99.4 cm³/mol. The zero-order valence-corrected chi connectivity index (χ0v) is 15.6. The number of rotatable bonds is 2. The van der Waals surface area contributed by atoms with Crippen LogP contribution in [0.25, 0.3) is 11.1 Å². The van der Waals surface area contributed by atoms with Crippen LogP contribution in [0, 0.1) is 6.92 Å². The Bertz CT molecular complexity index is 835. The zero-order chi connectivity index (χ0) is 18.8. The lowest BCUT2D eigenvalue weighted by Gasteiger charge is -2.36. The number of urea groups is 1. The van der Waals surface area contributed by atoms with Crippen LogP contribution in [0.15, 0.2) is 16.8 Å². The second kappa shape index (κ2) is 7.54. The van der Waals surface area contributed by atoms with Crippen molar-refractivity contribution in [1.29, 1.82) is 0 Å². The third kappa shape index (κ3) is 3.74. The van der Waals surface area contributed by atoms with Crippen molar-refractivity contribution in [2.24, 2.45) is 0 Å². The van der Waals surface area contributed by atoms with Crippen molar-refractivity contribution in [3.8, 4) is 0 Å². The van der Waals surface area contributed by atoms with E-state index in [4.69, 9.17) is 4.52 Å². The SMILES string of the molecule is Cc1noc2ncc(C(=O)N3CCN(C(=O)NC4CCCCC4)CC3)cc12. The summed E-state index contributed by atoms with van der Waals surface area (Å²) in [6.45, 7) is 3.97. The largest absolute Gasteiger partial charge is 0.336 e. The standard InChI is InChI=1S/C19H25N5O3/c1-13-16-11-14(12-20-17(16)27-22-13)18(25)23-7-9-24(10-8-23)19(26)21-15-5-3-2-4-6-15/h11-12,15H,2-10H2,1H3,(H,21,26). The third-order valence-corrected chi connectivity index (χ3v) is 5.54. The van der Waals surface area contributed by atoms with Crippen LogP contribution in [0.1, 0.15) is 48.2 Å². The molecule has 2 fully saturated rings. The molecule has 4 rings (SSSR count). The molecule has 2 aliphatic rings. The van der Waals surface area contributed by atoms with Gasteiger partial charge >= 0.3 is 6.03 Å². The van der Waals surface area contributed by atoms with Gasteiger partial charge in [-0.2, -0.15) is 0 Å². The number of aromatic nitrogens is 2. The number of fused-ring (bicyclic) bond motifs is 1. The van der Waals surface area contributed by atoms with Crippen molar-refractivity contribution in [1.82, 2.24) is 25.3 Å². The maximum absolute atomic E-state index is 12.8. The maximum Gasteiger partial charge on any atom is 0.317 e. The summed E-state index contributed by atoms with van der Waals surface area (Å²) in [6.07, 6.45) is 7.32. The first-order chi connectivity index (χ1) is 13.1. The molecule has 0 unspecified atom stereocenters. The Balaban J connectivity index is 1.34. The number of piperazine rings is 1. The minimum Gasteiger partial charge on any atom is -0.336 e. The first kappa shape index (κ1) is 17.8. The molecule has 1 aliphatic carbocycles. The fraction of sp³-hybridized carbons (Fsp3) is 0.579. The Morgan fingerprint density at radius 3 is 2.56 bits per heavy atom. The molecule has 0 spiro atoms. The van der Waals surface area contributed by atoms with Crippen LogP contribution in [-0.4, -0.2) is 64.1 Å². The molecule has 0 atom stereocenters. The van der Waals surface area contributed by atoms with Crippen molar-refractivity contribution in [2.45, 2.75) is 45.1 Å². The van der Waals surface area contributed by atoms with Gasteiger partial charge in [0.15, 0.2) is 0 Å². The summed E-state index contributed by atoms with van der Waals surface area (Å²) < 4.78 is 5.09. The molecule has 2 aromatic rings. The number of hydrogen-bond donors (Lipinski definition) is 1. The van der Waals surface area contributed by atoms with Gasteiger partial charge in [-0.1, -0.05) is 24.4 Å². The normalized spacial score (nSPS) is 18.7. The van der Waals surface area contributed by atoms with E-state index in [1.165, 1.54) is 25.5 Å². The highest BCUT2D eigenvalue weighted by atomic mass is 16.5. The molecule has 3 amide bonds. The average Bonchev–Trinajstić information content (AvgIpc) is 3.08. The van der Waals surface area contributed by atoms with Gasteiger partial charge in [0, 0.05) is 38.4 Å². The van der Waals surface area contributed by atoms with E-state index < -0.39 is 0 Å². The molecule has 0 aromatic carbocycles. The van der Waals surface area contributed by atoms with Crippen molar-refractivity contribution in [3.63, 3.8) is 0 Å². The Hall–Kier alpha value is -2.64. The van der Waals surface area contributed by atoms with Gasteiger partial charge in [0.1, 0.15) is 0 Å². The summed E-state index contributed by atoms with van der Waals surface area (Å²) in [7, 11) is 0. The molecule has 0 radical (unpaired) electrons. The van der Waals surface area contributed by atoms with E-state index in [2.05, 4.69) is 15.5 Å². The number of nitrogens with one attached hydrogen (secondary N) is 1. The van der Waals surface area contributed by atoms with Crippen molar-refractivity contribution in [3.05, 3.63) is 23.5 Å². The fourth-order valence-corrected chi connectivity index (χ4v) is 3.87. The minimum absolute atomic E-state index is 0.00261. The van der Waals surface area contributed by atoms with Gasteiger partial charge in [-0.25, -0.2) is 9.78 Å². The molecule has 8 nitrogen and oxygen atoms in total. The summed E-state index contributed by atoms with van der Waals surface area (Å²) >= 11 is 0.